The van der Waals surface area contributed by atoms with Crippen LogP contribution in [0.2, 0.25) is 0 Å². The number of carbonyl (C=O) groups is 2. The van der Waals surface area contributed by atoms with Crippen LogP contribution in [0.4, 0.5) is 0 Å². The third-order valence-electron chi connectivity index (χ3n) is 9.97. The molecule has 1 unspecified atom stereocenters. The number of carboxylic acids is 1. The van der Waals surface area contributed by atoms with Crippen molar-refractivity contribution in [1.82, 2.24) is 0 Å². The number of aliphatic hydroxyl groups excluding tert-OH is 1. The second-order valence-electron chi connectivity index (χ2n) is 12.8. The molecule has 37 heavy (non-hydrogen) atoms. The molecule has 0 bridgehead atoms. The Balaban J connectivity index is 1.88. The van der Waals surface area contributed by atoms with Gasteiger partial charge in [-0.3, -0.25) is 9.59 Å². The van der Waals surface area contributed by atoms with Crippen LogP contribution in [-0.4, -0.2) is 52.0 Å². The standard InChI is InChI=1S/C31H46O6/c1-19(12-13-25(37-8)28(3,4)36)10-9-11-20(2)26-21(32)18-23-29(5)17-15-24(33)31(7,27(34)35)22(29)14-16-30(23,26)6/h9-13,22-25,33,36H,14-18H2,1-8H3,(H,34,35)/b11-9+,13-12+,19-10+,26-20+/t22-,23+,24+,25?,29+,30+,31-/m1/s1. The highest BCUT2D eigenvalue weighted by atomic mass is 16.5. The number of ether oxygens (including phenoxy) is 1. The average Bonchev–Trinajstić information content (AvgIpc) is 3.07. The first-order chi connectivity index (χ1) is 17.0. The van der Waals surface area contributed by atoms with Crippen LogP contribution in [0.25, 0.3) is 0 Å². The van der Waals surface area contributed by atoms with Gasteiger partial charge in [-0.25, -0.2) is 0 Å². The van der Waals surface area contributed by atoms with Gasteiger partial charge in [-0.1, -0.05) is 49.8 Å². The lowest BCUT2D eigenvalue weighted by Gasteiger charge is -2.61. The summed E-state index contributed by atoms with van der Waals surface area (Å²) in [6.45, 7) is 13.4. The van der Waals surface area contributed by atoms with Gasteiger partial charge < -0.3 is 20.1 Å². The second kappa shape index (κ2) is 10.3. The van der Waals surface area contributed by atoms with Gasteiger partial charge in [0, 0.05) is 24.5 Å². The fraction of sp³-hybridized carbons (Fsp3) is 0.677. The van der Waals surface area contributed by atoms with E-state index >= 15 is 0 Å². The maximum atomic E-state index is 13.4. The molecule has 0 spiro atoms. The van der Waals surface area contributed by atoms with Crippen LogP contribution < -0.4 is 0 Å². The summed E-state index contributed by atoms with van der Waals surface area (Å²) in [6.07, 6.45) is 11.4. The lowest BCUT2D eigenvalue weighted by molar-refractivity contribution is -0.194. The van der Waals surface area contributed by atoms with E-state index in [-0.39, 0.29) is 28.4 Å². The number of carbonyl (C=O) groups excluding carboxylic acids is 1. The van der Waals surface area contributed by atoms with E-state index in [1.54, 1.807) is 27.9 Å². The van der Waals surface area contributed by atoms with E-state index in [4.69, 9.17) is 4.74 Å². The maximum absolute atomic E-state index is 13.4. The van der Waals surface area contributed by atoms with Gasteiger partial charge in [0.05, 0.1) is 17.1 Å². The minimum Gasteiger partial charge on any atom is -0.481 e. The number of hydrogen-bond acceptors (Lipinski definition) is 5. The highest BCUT2D eigenvalue weighted by Gasteiger charge is 2.67. The SMILES string of the molecule is COC(/C=C/C(C)=C/C=C/C(C)=C1\C(=O)C[C@H]2[C@@]3(C)CC[C@H](O)[C@](C)(C(=O)O)[C@@H]3CC[C@]12C)C(C)(C)O. The average molecular weight is 515 g/mol. The van der Waals surface area contributed by atoms with Gasteiger partial charge in [-0.05, 0) is 83.1 Å². The van der Waals surface area contributed by atoms with E-state index in [9.17, 15) is 24.9 Å². The molecule has 206 valence electrons. The Morgan fingerprint density at radius 1 is 1.11 bits per heavy atom. The quantitative estimate of drug-likeness (QED) is 0.310. The van der Waals surface area contributed by atoms with Gasteiger partial charge in [-0.15, -0.1) is 0 Å². The monoisotopic (exact) mass is 514 g/mol. The molecule has 7 atom stereocenters. The molecule has 6 heteroatoms. The lowest BCUT2D eigenvalue weighted by atomic mass is 9.43. The molecular weight excluding hydrogens is 468 g/mol. The van der Waals surface area contributed by atoms with E-state index in [1.807, 2.05) is 44.2 Å². The number of carboxylic acid groups (broad SMARTS) is 1. The molecule has 6 nitrogen and oxygen atoms in total. The van der Waals surface area contributed by atoms with Crippen molar-refractivity contribution in [3.63, 3.8) is 0 Å². The first kappa shape index (κ1) is 29.5. The number of aliphatic hydroxyl groups is 2. The third kappa shape index (κ3) is 5.05. The molecule has 0 amide bonds. The summed E-state index contributed by atoms with van der Waals surface area (Å²) >= 11 is 0. The third-order valence-corrected chi connectivity index (χ3v) is 9.97. The molecule has 3 aliphatic carbocycles. The summed E-state index contributed by atoms with van der Waals surface area (Å²) in [6, 6.07) is 0. The minimum absolute atomic E-state index is 0.0591. The highest BCUT2D eigenvalue weighted by molar-refractivity contribution is 6.01. The highest BCUT2D eigenvalue weighted by Crippen LogP contribution is 2.69. The van der Waals surface area contributed by atoms with Crippen molar-refractivity contribution in [2.75, 3.05) is 7.11 Å². The van der Waals surface area contributed by atoms with Crippen molar-refractivity contribution in [2.24, 2.45) is 28.1 Å². The van der Waals surface area contributed by atoms with Crippen LogP contribution in [0.5, 0.6) is 0 Å². The number of ketones is 1. The van der Waals surface area contributed by atoms with Crippen LogP contribution in [0.3, 0.4) is 0 Å². The van der Waals surface area contributed by atoms with Crippen LogP contribution in [-0.2, 0) is 14.3 Å². The molecular formula is C31H46O6. The normalized spacial score (nSPS) is 39.1. The summed E-state index contributed by atoms with van der Waals surface area (Å²) in [4.78, 5) is 25.8. The summed E-state index contributed by atoms with van der Waals surface area (Å²) < 4.78 is 5.35. The Kier molecular flexibility index (Phi) is 8.20. The number of Topliss-reactive ketones (excluding diaryl/α,β-unsaturated/α-hetero) is 1. The zero-order valence-electron chi connectivity index (χ0n) is 23.8. The smallest absolute Gasteiger partial charge is 0.312 e. The zero-order valence-corrected chi connectivity index (χ0v) is 23.8. The van der Waals surface area contributed by atoms with Crippen LogP contribution >= 0.6 is 0 Å². The molecule has 3 saturated carbocycles. The van der Waals surface area contributed by atoms with E-state index in [1.165, 1.54) is 0 Å². The molecule has 0 aliphatic heterocycles. The summed E-state index contributed by atoms with van der Waals surface area (Å²) in [5.74, 6) is -0.883. The molecule has 0 aromatic rings. The first-order valence-corrected chi connectivity index (χ1v) is 13.5. The lowest BCUT2D eigenvalue weighted by Crippen LogP contribution is -2.61. The molecule has 0 saturated heterocycles. The fourth-order valence-electron chi connectivity index (χ4n) is 7.88. The molecule has 3 aliphatic rings. The molecule has 3 rings (SSSR count). The van der Waals surface area contributed by atoms with Gasteiger partial charge >= 0.3 is 5.97 Å². The molecule has 0 aromatic heterocycles. The van der Waals surface area contributed by atoms with Gasteiger partial charge in [-0.2, -0.15) is 0 Å². The number of allylic oxidation sites excluding steroid dienone is 7. The van der Waals surface area contributed by atoms with Crippen molar-refractivity contribution >= 4 is 11.8 Å². The zero-order chi connectivity index (χ0) is 28.0. The second-order valence-corrected chi connectivity index (χ2v) is 12.8. The largest absolute Gasteiger partial charge is 0.481 e. The van der Waals surface area contributed by atoms with Gasteiger partial charge in [0.1, 0.15) is 6.10 Å². The van der Waals surface area contributed by atoms with Crippen LogP contribution in [0.15, 0.2) is 47.1 Å². The Morgan fingerprint density at radius 3 is 2.32 bits per heavy atom. The van der Waals surface area contributed by atoms with E-state index in [0.717, 1.165) is 29.6 Å². The van der Waals surface area contributed by atoms with Crippen molar-refractivity contribution < 1.29 is 29.6 Å². The number of rotatable bonds is 7. The summed E-state index contributed by atoms with van der Waals surface area (Å²) in [5.41, 5.74) is 0.0137. The van der Waals surface area contributed by atoms with Crippen molar-refractivity contribution in [2.45, 2.75) is 98.4 Å². The number of methoxy groups -OCH3 is 1. The van der Waals surface area contributed by atoms with E-state index in [0.29, 0.717) is 19.3 Å². The molecule has 3 N–H and O–H groups in total. The Labute approximate surface area is 222 Å². The van der Waals surface area contributed by atoms with Gasteiger partial charge in [0.15, 0.2) is 5.78 Å². The topological polar surface area (TPSA) is 104 Å². The molecule has 0 radical (unpaired) electrons. The minimum atomic E-state index is -1.19. The van der Waals surface area contributed by atoms with Crippen LogP contribution in [0, 0.1) is 28.1 Å². The van der Waals surface area contributed by atoms with Crippen molar-refractivity contribution in [3.05, 3.63) is 47.1 Å². The maximum Gasteiger partial charge on any atom is 0.312 e. The van der Waals surface area contributed by atoms with E-state index in [2.05, 4.69) is 13.8 Å². The number of aliphatic carboxylic acids is 1. The van der Waals surface area contributed by atoms with Crippen LogP contribution in [0.1, 0.15) is 80.6 Å². The van der Waals surface area contributed by atoms with Crippen molar-refractivity contribution in [1.29, 1.82) is 0 Å². The first-order valence-electron chi connectivity index (χ1n) is 13.5. The Morgan fingerprint density at radius 2 is 1.76 bits per heavy atom. The number of hydrogen-bond donors (Lipinski definition) is 3. The Bertz CT molecular complexity index is 1040. The van der Waals surface area contributed by atoms with Gasteiger partial charge in [0.25, 0.3) is 0 Å². The van der Waals surface area contributed by atoms with E-state index < -0.39 is 29.2 Å². The predicted molar refractivity (Wildman–Crippen MR) is 145 cm³/mol. The summed E-state index contributed by atoms with van der Waals surface area (Å²) in [5, 5.41) is 31.0. The Hall–Kier alpha value is -2.02. The van der Waals surface area contributed by atoms with Crippen molar-refractivity contribution in [3.8, 4) is 0 Å². The summed E-state index contributed by atoms with van der Waals surface area (Å²) in [7, 11) is 1.57. The molecule has 0 heterocycles. The predicted octanol–water partition coefficient (Wildman–Crippen LogP) is 5.40. The fourth-order valence-corrected chi connectivity index (χ4v) is 7.88. The number of fused-ring (bicyclic) bond motifs is 3. The molecule has 0 aromatic carbocycles. The molecule has 3 fully saturated rings. The van der Waals surface area contributed by atoms with Gasteiger partial charge in [0.2, 0.25) is 0 Å².